The van der Waals surface area contributed by atoms with Crippen LogP contribution in [0.15, 0.2) is 62.7 Å². The van der Waals surface area contributed by atoms with Gasteiger partial charge < -0.3 is 0 Å². The van der Waals surface area contributed by atoms with Crippen molar-refractivity contribution in [3.05, 3.63) is 74.0 Å². The van der Waals surface area contributed by atoms with Gasteiger partial charge in [-0.1, -0.05) is 0 Å². The number of H-pyrrole nitrogens is 1. The van der Waals surface area contributed by atoms with Gasteiger partial charge in [0, 0.05) is 0 Å². The fourth-order valence-corrected chi connectivity index (χ4v) is 7.18. The van der Waals surface area contributed by atoms with E-state index in [1.165, 1.54) is 18.3 Å². The van der Waals surface area contributed by atoms with E-state index in [0.717, 1.165) is 4.57 Å². The van der Waals surface area contributed by atoms with Gasteiger partial charge in [-0.05, 0) is 0 Å². The van der Waals surface area contributed by atoms with Crippen molar-refractivity contribution in [2.75, 3.05) is 6.61 Å². The molecule has 1 aromatic carbocycles. The summed E-state index contributed by atoms with van der Waals surface area (Å²) in [7, 11) is -2.17. The van der Waals surface area contributed by atoms with Gasteiger partial charge in [-0.25, -0.2) is 0 Å². The molecule has 0 saturated carbocycles. The summed E-state index contributed by atoms with van der Waals surface area (Å²) in [6.45, 7) is 10.5. The summed E-state index contributed by atoms with van der Waals surface area (Å²) in [5.74, 6) is 0. The SMILES string of the molecule is CC(C)(C)[Si](C)(C)OC[C@H]1O[C@@H](n2ccc(=O)[nH]c2=O)C=C1[Se](=O)(=O)c1ccccc1. The van der Waals surface area contributed by atoms with Crippen LogP contribution in [0, 0.1) is 0 Å². The topological polar surface area (TPSA) is 107 Å². The van der Waals surface area contributed by atoms with Gasteiger partial charge in [0.05, 0.1) is 0 Å². The number of hydrogen-bond donors (Lipinski definition) is 1. The number of rotatable bonds is 6. The Labute approximate surface area is 183 Å². The Bertz CT molecular complexity index is 1190. The minimum absolute atomic E-state index is 0.0605. The predicted octanol–water partition coefficient (Wildman–Crippen LogP) is 2.13. The van der Waals surface area contributed by atoms with Gasteiger partial charge in [0.25, 0.3) is 0 Å². The molecule has 8 nitrogen and oxygen atoms in total. The number of aromatic nitrogens is 2. The van der Waals surface area contributed by atoms with E-state index < -0.39 is 44.6 Å². The normalized spacial score (nSPS) is 20.0. The number of benzene rings is 1. The second-order valence-corrected chi connectivity index (χ2v) is 17.9. The molecule has 10 heteroatoms. The minimum atomic E-state index is -4.79. The molecule has 2 heterocycles. The third-order valence-electron chi connectivity index (χ3n) is 5.82. The molecular formula is C21H28N2O6SeSi. The average Bonchev–Trinajstić information content (AvgIpc) is 3.11. The van der Waals surface area contributed by atoms with Crippen LogP contribution in [0.25, 0.3) is 0 Å². The molecule has 0 amide bonds. The third-order valence-corrected chi connectivity index (χ3v) is 14.3. The summed E-state index contributed by atoms with van der Waals surface area (Å²) in [4.78, 5) is 25.8. The van der Waals surface area contributed by atoms with Gasteiger partial charge >= 0.3 is 184 Å². The molecule has 1 aliphatic heterocycles. The number of nitrogens with zero attached hydrogens (tertiary/aromatic N) is 1. The summed E-state index contributed by atoms with van der Waals surface area (Å²) < 4.78 is 40.5. The molecule has 3 rings (SSSR count). The van der Waals surface area contributed by atoms with E-state index in [-0.39, 0.29) is 20.6 Å². The first-order chi connectivity index (χ1) is 14.3. The molecule has 2 atom stereocenters. The molecule has 0 fully saturated rings. The van der Waals surface area contributed by atoms with E-state index in [1.54, 1.807) is 30.3 Å². The van der Waals surface area contributed by atoms with Gasteiger partial charge in [-0.3, -0.25) is 0 Å². The number of nitrogens with one attached hydrogen (secondary N) is 1. The molecule has 0 radical (unpaired) electrons. The van der Waals surface area contributed by atoms with Crippen molar-refractivity contribution in [1.29, 1.82) is 0 Å². The van der Waals surface area contributed by atoms with Crippen molar-refractivity contribution < 1.29 is 16.8 Å². The van der Waals surface area contributed by atoms with Crippen LogP contribution in [-0.4, -0.2) is 43.3 Å². The maximum absolute atomic E-state index is 13.4. The third kappa shape index (κ3) is 4.88. The van der Waals surface area contributed by atoms with Crippen molar-refractivity contribution in [2.45, 2.75) is 51.2 Å². The molecule has 31 heavy (non-hydrogen) atoms. The quantitative estimate of drug-likeness (QED) is 0.596. The Hall–Kier alpha value is -2.10. The summed E-state index contributed by atoms with van der Waals surface area (Å²) in [5, 5.41) is -0.0605. The summed E-state index contributed by atoms with van der Waals surface area (Å²) in [6, 6.07) is 9.36. The van der Waals surface area contributed by atoms with Gasteiger partial charge in [0.2, 0.25) is 0 Å². The van der Waals surface area contributed by atoms with Crippen LogP contribution in [0.5, 0.6) is 0 Å². The van der Waals surface area contributed by atoms with E-state index in [1.807, 2.05) is 0 Å². The van der Waals surface area contributed by atoms with E-state index in [9.17, 15) is 17.3 Å². The zero-order valence-corrected chi connectivity index (χ0v) is 21.0. The molecule has 1 aliphatic rings. The van der Waals surface area contributed by atoms with Crippen LogP contribution in [0.2, 0.25) is 18.1 Å². The summed E-state index contributed by atoms with van der Waals surface area (Å²) in [6.07, 6.45) is 0.913. The fourth-order valence-electron chi connectivity index (χ4n) is 2.92. The Morgan fingerprint density at radius 3 is 2.35 bits per heavy atom. The molecule has 168 valence electrons. The summed E-state index contributed by atoms with van der Waals surface area (Å²) in [5.41, 5.74) is -1.21. The monoisotopic (exact) mass is 512 g/mol. The van der Waals surface area contributed by atoms with Crippen LogP contribution >= 0.6 is 0 Å². The van der Waals surface area contributed by atoms with Crippen LogP contribution in [0.3, 0.4) is 0 Å². The molecular weight excluding hydrogens is 483 g/mol. The first kappa shape index (κ1) is 23.6. The zero-order chi connectivity index (χ0) is 23.0. The van der Waals surface area contributed by atoms with Crippen molar-refractivity contribution in [3.8, 4) is 0 Å². The molecule has 1 N–H and O–H groups in total. The van der Waals surface area contributed by atoms with Gasteiger partial charge in [-0.2, -0.15) is 0 Å². The molecule has 0 spiro atoms. The second-order valence-electron chi connectivity index (χ2n) is 8.99. The van der Waals surface area contributed by atoms with Crippen LogP contribution in [0.1, 0.15) is 27.0 Å². The summed E-state index contributed by atoms with van der Waals surface area (Å²) >= 11 is -4.79. The molecule has 0 saturated heterocycles. The van der Waals surface area contributed by atoms with E-state index in [4.69, 9.17) is 9.16 Å². The fraction of sp³-hybridized carbons (Fsp3) is 0.429. The Morgan fingerprint density at radius 1 is 1.13 bits per heavy atom. The average molecular weight is 512 g/mol. The molecule has 0 aliphatic carbocycles. The first-order valence-electron chi connectivity index (χ1n) is 9.96. The Kier molecular flexibility index (Phi) is 6.41. The number of ether oxygens (including phenoxy) is 1. The van der Waals surface area contributed by atoms with E-state index in [2.05, 4.69) is 38.8 Å². The van der Waals surface area contributed by atoms with Gasteiger partial charge in [-0.15, -0.1) is 0 Å². The standard InChI is InChI=1S/C21H28N2O6SeSi/c1-21(2,3)31(4,5)28-14-16-17(30(26,27)15-9-7-6-8-10-15)13-19(29-16)23-12-11-18(24)22-20(23)25/h6-13,16,19H,14H2,1-5H3,(H,22,24,25)/t16-,19-/m1/s1. The van der Waals surface area contributed by atoms with E-state index in [0.29, 0.717) is 0 Å². The second kappa shape index (κ2) is 8.44. The van der Waals surface area contributed by atoms with Crippen LogP contribution < -0.4 is 15.7 Å². The molecule has 0 unspecified atom stereocenters. The Balaban J connectivity index is 2.00. The van der Waals surface area contributed by atoms with Gasteiger partial charge in [0.15, 0.2) is 0 Å². The first-order valence-corrected chi connectivity index (χ1v) is 16.0. The molecule has 1 aromatic heterocycles. The van der Waals surface area contributed by atoms with Crippen molar-refractivity contribution in [2.24, 2.45) is 0 Å². The van der Waals surface area contributed by atoms with Crippen molar-refractivity contribution in [3.63, 3.8) is 0 Å². The predicted molar refractivity (Wildman–Crippen MR) is 120 cm³/mol. The number of aromatic amines is 1. The molecule has 0 bridgehead atoms. The van der Waals surface area contributed by atoms with Crippen LogP contribution in [0.4, 0.5) is 0 Å². The Morgan fingerprint density at radius 2 is 1.77 bits per heavy atom. The maximum atomic E-state index is 13.4. The van der Waals surface area contributed by atoms with Crippen molar-refractivity contribution in [1.82, 2.24) is 9.55 Å². The van der Waals surface area contributed by atoms with Crippen LogP contribution in [-0.2, 0) is 16.8 Å². The van der Waals surface area contributed by atoms with Crippen molar-refractivity contribution >= 4 is 25.5 Å². The number of hydrogen-bond acceptors (Lipinski definition) is 6. The van der Waals surface area contributed by atoms with Gasteiger partial charge in [0.1, 0.15) is 0 Å². The zero-order valence-electron chi connectivity index (χ0n) is 18.3. The van der Waals surface area contributed by atoms with E-state index >= 15 is 0 Å². The molecule has 2 aromatic rings.